The van der Waals surface area contributed by atoms with Gasteiger partial charge in [0.15, 0.2) is 0 Å². The van der Waals surface area contributed by atoms with E-state index in [0.717, 1.165) is 33.0 Å². The van der Waals surface area contributed by atoms with Gasteiger partial charge in [-0.1, -0.05) is 18.2 Å². The Kier molecular flexibility index (Phi) is 5.94. The van der Waals surface area contributed by atoms with E-state index >= 15 is 0 Å². The SMILES string of the molecule is COc1ncc(-c2cc3c(N4CCOCC4C)ncnc3s2)cc1-c1ccccc1S(N)(=O)=O. The fourth-order valence-electron chi connectivity index (χ4n) is 4.14. The number of thiophene rings is 1. The Hall–Kier alpha value is -3.12. The maximum atomic E-state index is 12.2. The van der Waals surface area contributed by atoms with Crippen molar-refractivity contribution >= 4 is 37.4 Å². The summed E-state index contributed by atoms with van der Waals surface area (Å²) in [5.74, 6) is 1.19. The normalized spacial score (nSPS) is 16.7. The molecule has 11 heteroatoms. The third-order valence-electron chi connectivity index (χ3n) is 5.76. The van der Waals surface area contributed by atoms with Crippen molar-refractivity contribution < 1.29 is 17.9 Å². The minimum absolute atomic E-state index is 0.0121. The lowest BCUT2D eigenvalue weighted by Gasteiger charge is -2.34. The number of sulfonamides is 1. The molecule has 0 saturated carbocycles. The van der Waals surface area contributed by atoms with Crippen LogP contribution in [0, 0.1) is 0 Å². The summed E-state index contributed by atoms with van der Waals surface area (Å²) in [6.45, 7) is 4.18. The number of fused-ring (bicyclic) bond motifs is 1. The van der Waals surface area contributed by atoms with Gasteiger partial charge in [-0.15, -0.1) is 11.3 Å². The van der Waals surface area contributed by atoms with Gasteiger partial charge >= 0.3 is 0 Å². The highest BCUT2D eigenvalue weighted by Gasteiger charge is 2.24. The van der Waals surface area contributed by atoms with E-state index in [0.29, 0.717) is 30.2 Å². The molecule has 1 saturated heterocycles. The van der Waals surface area contributed by atoms with Crippen LogP contribution in [0.4, 0.5) is 5.82 Å². The molecule has 1 aliphatic heterocycles. The molecule has 0 aliphatic carbocycles. The van der Waals surface area contributed by atoms with Crippen LogP contribution in [-0.4, -0.2) is 56.3 Å². The number of pyridine rings is 1. The average molecular weight is 498 g/mol. The molecular weight excluding hydrogens is 474 g/mol. The Morgan fingerprint density at radius 2 is 2.00 bits per heavy atom. The van der Waals surface area contributed by atoms with Crippen LogP contribution in [0.3, 0.4) is 0 Å². The zero-order chi connectivity index (χ0) is 23.9. The summed E-state index contributed by atoms with van der Waals surface area (Å²) >= 11 is 1.52. The minimum Gasteiger partial charge on any atom is -0.481 e. The molecule has 9 nitrogen and oxygen atoms in total. The number of primary sulfonamides is 1. The summed E-state index contributed by atoms with van der Waals surface area (Å²) < 4.78 is 35.4. The average Bonchev–Trinajstić information content (AvgIpc) is 3.28. The van der Waals surface area contributed by atoms with Crippen molar-refractivity contribution in [1.29, 1.82) is 0 Å². The van der Waals surface area contributed by atoms with E-state index in [1.165, 1.54) is 24.5 Å². The number of nitrogens with two attached hydrogens (primary N) is 1. The second kappa shape index (κ2) is 8.91. The molecule has 0 bridgehead atoms. The maximum absolute atomic E-state index is 12.2. The standard InChI is InChI=1S/C23H23N5O4S2/c1-14-12-32-8-7-28(14)21-18-10-19(33-23(18)27-13-26-21)15-9-17(22(31-2)25-11-15)16-5-3-4-6-20(16)34(24,29)30/h3-6,9-11,13-14H,7-8,12H2,1-2H3,(H2,24,29,30). The molecule has 1 aromatic carbocycles. The second-order valence-corrected chi connectivity index (χ2v) is 10.5. The van der Waals surface area contributed by atoms with E-state index in [1.54, 1.807) is 30.7 Å². The molecule has 176 valence electrons. The molecule has 4 aromatic rings. The van der Waals surface area contributed by atoms with Gasteiger partial charge in [0.25, 0.3) is 0 Å². The number of hydrogen-bond donors (Lipinski definition) is 1. The number of ether oxygens (including phenoxy) is 2. The van der Waals surface area contributed by atoms with E-state index in [-0.39, 0.29) is 10.9 Å². The first-order valence-corrected chi connectivity index (χ1v) is 13.0. The van der Waals surface area contributed by atoms with Crippen LogP contribution in [-0.2, 0) is 14.8 Å². The molecule has 34 heavy (non-hydrogen) atoms. The summed E-state index contributed by atoms with van der Waals surface area (Å²) in [4.78, 5) is 17.5. The molecule has 1 unspecified atom stereocenters. The minimum atomic E-state index is -3.94. The largest absolute Gasteiger partial charge is 0.481 e. The van der Waals surface area contributed by atoms with Gasteiger partial charge in [0.2, 0.25) is 15.9 Å². The van der Waals surface area contributed by atoms with Gasteiger partial charge in [-0.3, -0.25) is 0 Å². The first kappa shape index (κ1) is 22.7. The van der Waals surface area contributed by atoms with Crippen molar-refractivity contribution in [3.05, 3.63) is 48.9 Å². The predicted molar refractivity (Wildman–Crippen MR) is 132 cm³/mol. The highest BCUT2D eigenvalue weighted by molar-refractivity contribution is 7.89. The second-order valence-electron chi connectivity index (χ2n) is 7.97. The predicted octanol–water partition coefficient (Wildman–Crippen LogP) is 3.30. The van der Waals surface area contributed by atoms with Crippen LogP contribution >= 0.6 is 11.3 Å². The number of benzene rings is 1. The molecule has 0 amide bonds. The van der Waals surface area contributed by atoms with Gasteiger partial charge in [0.1, 0.15) is 17.0 Å². The van der Waals surface area contributed by atoms with Crippen molar-refractivity contribution in [2.75, 3.05) is 31.8 Å². The van der Waals surface area contributed by atoms with Gasteiger partial charge in [-0.2, -0.15) is 0 Å². The Morgan fingerprint density at radius 3 is 2.76 bits per heavy atom. The van der Waals surface area contributed by atoms with Crippen molar-refractivity contribution in [3.63, 3.8) is 0 Å². The summed E-state index contributed by atoms with van der Waals surface area (Å²) in [7, 11) is -2.45. The van der Waals surface area contributed by atoms with Crippen LogP contribution in [0.2, 0.25) is 0 Å². The third kappa shape index (κ3) is 4.11. The number of rotatable bonds is 5. The smallest absolute Gasteiger partial charge is 0.238 e. The van der Waals surface area contributed by atoms with Crippen molar-refractivity contribution in [2.45, 2.75) is 17.9 Å². The zero-order valence-electron chi connectivity index (χ0n) is 18.6. The molecule has 1 atom stereocenters. The lowest BCUT2D eigenvalue weighted by molar-refractivity contribution is 0.0987. The molecule has 5 rings (SSSR count). The van der Waals surface area contributed by atoms with Gasteiger partial charge in [-0.05, 0) is 25.1 Å². The number of methoxy groups -OCH3 is 1. The quantitative estimate of drug-likeness (QED) is 0.446. The highest BCUT2D eigenvalue weighted by Crippen LogP contribution is 2.40. The Morgan fingerprint density at radius 1 is 1.18 bits per heavy atom. The summed E-state index contributed by atoms with van der Waals surface area (Å²) in [5.41, 5.74) is 1.78. The lowest BCUT2D eigenvalue weighted by Crippen LogP contribution is -2.44. The molecule has 3 aromatic heterocycles. The van der Waals surface area contributed by atoms with Crippen molar-refractivity contribution in [2.24, 2.45) is 5.14 Å². The molecule has 0 spiro atoms. The monoisotopic (exact) mass is 497 g/mol. The first-order chi connectivity index (χ1) is 16.4. The Balaban J connectivity index is 1.64. The summed E-state index contributed by atoms with van der Waals surface area (Å²) in [6, 6.07) is 10.7. The molecule has 4 heterocycles. The third-order valence-corrected chi connectivity index (χ3v) is 7.82. The highest BCUT2D eigenvalue weighted by atomic mass is 32.2. The van der Waals surface area contributed by atoms with E-state index < -0.39 is 10.0 Å². The maximum Gasteiger partial charge on any atom is 0.238 e. The van der Waals surface area contributed by atoms with Crippen LogP contribution in [0.25, 0.3) is 31.8 Å². The first-order valence-electron chi connectivity index (χ1n) is 10.6. The zero-order valence-corrected chi connectivity index (χ0v) is 20.3. The molecule has 1 aliphatic rings. The number of morpholine rings is 1. The molecule has 1 fully saturated rings. The summed E-state index contributed by atoms with van der Waals surface area (Å²) in [6.07, 6.45) is 3.29. The van der Waals surface area contributed by atoms with E-state index in [4.69, 9.17) is 14.6 Å². The number of aromatic nitrogens is 3. The fourth-order valence-corrected chi connectivity index (χ4v) is 5.86. The number of anilines is 1. The van der Waals surface area contributed by atoms with Gasteiger partial charge in [-0.25, -0.2) is 28.5 Å². The fraction of sp³-hybridized carbons (Fsp3) is 0.261. The van der Waals surface area contributed by atoms with Gasteiger partial charge < -0.3 is 14.4 Å². The van der Waals surface area contributed by atoms with E-state index in [9.17, 15) is 8.42 Å². The van der Waals surface area contributed by atoms with Gasteiger partial charge in [0, 0.05) is 34.3 Å². The number of nitrogens with zero attached hydrogens (tertiary/aromatic N) is 4. The molecule has 2 N–H and O–H groups in total. The molecular formula is C23H23N5O4S2. The molecule has 0 radical (unpaired) electrons. The number of hydrogen-bond acceptors (Lipinski definition) is 9. The lowest BCUT2D eigenvalue weighted by atomic mass is 10.0. The van der Waals surface area contributed by atoms with Crippen molar-refractivity contribution in [1.82, 2.24) is 15.0 Å². The topological polar surface area (TPSA) is 121 Å². The van der Waals surface area contributed by atoms with Crippen LogP contribution in [0.15, 0.2) is 53.8 Å². The Labute approximate surface area is 201 Å². The van der Waals surface area contributed by atoms with Crippen LogP contribution < -0.4 is 14.8 Å². The van der Waals surface area contributed by atoms with E-state index in [1.807, 2.05) is 6.07 Å². The summed E-state index contributed by atoms with van der Waals surface area (Å²) in [5, 5.41) is 6.43. The van der Waals surface area contributed by atoms with Crippen LogP contribution in [0.5, 0.6) is 5.88 Å². The van der Waals surface area contributed by atoms with Crippen molar-refractivity contribution in [3.8, 4) is 27.4 Å². The van der Waals surface area contributed by atoms with Crippen LogP contribution in [0.1, 0.15) is 6.92 Å². The van der Waals surface area contributed by atoms with Gasteiger partial charge in [0.05, 0.1) is 36.6 Å². The Bertz CT molecular complexity index is 1470. The van der Waals surface area contributed by atoms with E-state index in [2.05, 4.69) is 32.8 Å².